The largest absolute Gasteiger partial charge is 0.396 e. The predicted molar refractivity (Wildman–Crippen MR) is 132 cm³/mol. The minimum Gasteiger partial charge on any atom is -0.396 e. The molecule has 188 valence electrons. The standard InChI is InChI=1S/C27H34N2O6/c1-16-23(26(3,4)34)22(12-13-30)35-27(16)20-10-5-6-11-21(20)29(25(27)33)15-18-8-7-9-19(14-18)28-24(32)17(2)31/h5-11,14,16-17,22-23,30-31,34H,12-13,15H2,1-4H3,(H,28,32)/t16-,17+,22+,23-,27+/m1/s1. The van der Waals surface area contributed by atoms with E-state index in [4.69, 9.17) is 4.74 Å². The molecule has 0 bridgehead atoms. The lowest BCUT2D eigenvalue weighted by molar-refractivity contribution is -0.146. The van der Waals surface area contributed by atoms with Crippen molar-refractivity contribution in [3.63, 3.8) is 0 Å². The number of aliphatic hydroxyl groups excluding tert-OH is 2. The monoisotopic (exact) mass is 482 g/mol. The van der Waals surface area contributed by atoms with Crippen LogP contribution in [0.5, 0.6) is 0 Å². The predicted octanol–water partition coefficient (Wildman–Crippen LogP) is 2.55. The molecule has 0 saturated carbocycles. The third-order valence-corrected chi connectivity index (χ3v) is 7.22. The van der Waals surface area contributed by atoms with E-state index in [1.807, 2.05) is 37.3 Å². The number of anilines is 2. The first kappa shape index (κ1) is 25.3. The smallest absolute Gasteiger partial charge is 0.264 e. The van der Waals surface area contributed by atoms with Crippen LogP contribution in [0.3, 0.4) is 0 Å². The molecular formula is C27H34N2O6. The van der Waals surface area contributed by atoms with Crippen molar-refractivity contribution in [2.24, 2.45) is 11.8 Å². The SMILES string of the molecule is C[C@H](O)C(=O)Nc1cccc(CN2C(=O)[C@@]3(O[C@@H](CCO)[C@H](C(C)(C)O)[C@H]3C)c3ccccc32)c1. The molecule has 2 amide bonds. The van der Waals surface area contributed by atoms with Gasteiger partial charge < -0.3 is 30.3 Å². The van der Waals surface area contributed by atoms with Gasteiger partial charge in [0.2, 0.25) is 0 Å². The van der Waals surface area contributed by atoms with Crippen LogP contribution in [-0.2, 0) is 26.5 Å². The summed E-state index contributed by atoms with van der Waals surface area (Å²) in [6.45, 7) is 6.92. The fourth-order valence-corrected chi connectivity index (χ4v) is 5.76. The van der Waals surface area contributed by atoms with E-state index in [9.17, 15) is 24.9 Å². The lowest BCUT2D eigenvalue weighted by atomic mass is 9.71. The van der Waals surface area contributed by atoms with Crippen LogP contribution in [0.15, 0.2) is 48.5 Å². The third-order valence-electron chi connectivity index (χ3n) is 7.22. The molecular weight excluding hydrogens is 448 g/mol. The Kier molecular flexibility index (Phi) is 6.76. The first-order valence-corrected chi connectivity index (χ1v) is 12.0. The lowest BCUT2D eigenvalue weighted by Gasteiger charge is -2.34. The molecule has 35 heavy (non-hydrogen) atoms. The molecule has 0 radical (unpaired) electrons. The number of aliphatic hydroxyl groups is 3. The molecule has 4 N–H and O–H groups in total. The Labute approximate surface area is 205 Å². The molecule has 2 heterocycles. The Bertz CT molecular complexity index is 1110. The van der Waals surface area contributed by atoms with E-state index < -0.39 is 29.3 Å². The molecule has 4 rings (SSSR count). The fourth-order valence-electron chi connectivity index (χ4n) is 5.76. The summed E-state index contributed by atoms with van der Waals surface area (Å²) in [4.78, 5) is 27.7. The molecule has 2 aliphatic rings. The van der Waals surface area contributed by atoms with Gasteiger partial charge >= 0.3 is 0 Å². The van der Waals surface area contributed by atoms with Crippen molar-refractivity contribution in [3.8, 4) is 0 Å². The van der Waals surface area contributed by atoms with Crippen LogP contribution in [0.4, 0.5) is 11.4 Å². The van der Waals surface area contributed by atoms with E-state index in [1.165, 1.54) is 6.92 Å². The maximum atomic E-state index is 14.1. The Morgan fingerprint density at radius 1 is 1.23 bits per heavy atom. The first-order chi connectivity index (χ1) is 16.5. The van der Waals surface area contributed by atoms with Crippen LogP contribution in [0, 0.1) is 11.8 Å². The van der Waals surface area contributed by atoms with Gasteiger partial charge in [0.1, 0.15) is 6.10 Å². The second kappa shape index (κ2) is 9.35. The molecule has 8 nitrogen and oxygen atoms in total. The number of fused-ring (bicyclic) bond motifs is 2. The number of rotatable bonds is 7. The van der Waals surface area contributed by atoms with E-state index in [-0.39, 0.29) is 30.9 Å². The maximum absolute atomic E-state index is 14.1. The van der Waals surface area contributed by atoms with Crippen LogP contribution in [0.25, 0.3) is 0 Å². The zero-order chi connectivity index (χ0) is 25.5. The minimum atomic E-state index is -1.26. The number of benzene rings is 2. The zero-order valence-electron chi connectivity index (χ0n) is 20.6. The van der Waals surface area contributed by atoms with Crippen LogP contribution in [0.1, 0.15) is 45.2 Å². The van der Waals surface area contributed by atoms with Crippen molar-refractivity contribution >= 4 is 23.2 Å². The topological polar surface area (TPSA) is 119 Å². The number of para-hydroxylation sites is 1. The summed E-state index contributed by atoms with van der Waals surface area (Å²) in [6.07, 6.45) is -1.30. The van der Waals surface area contributed by atoms with Gasteiger partial charge in [-0.25, -0.2) is 0 Å². The Balaban J connectivity index is 1.70. The van der Waals surface area contributed by atoms with Gasteiger partial charge in [-0.1, -0.05) is 37.3 Å². The summed E-state index contributed by atoms with van der Waals surface area (Å²) in [5.74, 6) is -1.41. The summed E-state index contributed by atoms with van der Waals surface area (Å²) in [6, 6.07) is 14.7. The van der Waals surface area contributed by atoms with Gasteiger partial charge in [-0.15, -0.1) is 0 Å². The number of nitrogens with one attached hydrogen (secondary N) is 1. The summed E-state index contributed by atoms with van der Waals surface area (Å²) in [5, 5.41) is 32.8. The second-order valence-corrected chi connectivity index (χ2v) is 10.1. The van der Waals surface area contributed by atoms with Crippen molar-refractivity contribution in [1.82, 2.24) is 0 Å². The first-order valence-electron chi connectivity index (χ1n) is 12.0. The van der Waals surface area contributed by atoms with Gasteiger partial charge in [0.15, 0.2) is 5.60 Å². The molecule has 2 aromatic carbocycles. The van der Waals surface area contributed by atoms with E-state index in [1.54, 1.807) is 36.9 Å². The maximum Gasteiger partial charge on any atom is 0.264 e. The average molecular weight is 483 g/mol. The molecule has 2 aromatic rings. The number of hydrogen-bond donors (Lipinski definition) is 4. The summed E-state index contributed by atoms with van der Waals surface area (Å²) in [7, 11) is 0. The van der Waals surface area contributed by atoms with E-state index in [2.05, 4.69) is 5.32 Å². The minimum absolute atomic E-state index is 0.107. The Morgan fingerprint density at radius 2 is 1.94 bits per heavy atom. The molecule has 8 heteroatoms. The van der Waals surface area contributed by atoms with Crippen molar-refractivity contribution in [2.45, 2.75) is 64.1 Å². The van der Waals surface area contributed by atoms with E-state index in [0.717, 1.165) is 16.8 Å². The zero-order valence-corrected chi connectivity index (χ0v) is 20.6. The number of nitrogens with zero attached hydrogens (tertiary/aromatic N) is 1. The van der Waals surface area contributed by atoms with Crippen LogP contribution in [-0.4, -0.2) is 51.5 Å². The number of ether oxygens (including phenoxy) is 1. The molecule has 0 aromatic heterocycles. The highest BCUT2D eigenvalue weighted by Gasteiger charge is 2.65. The summed E-state index contributed by atoms with van der Waals surface area (Å²) in [5.41, 5.74) is 0.442. The molecule has 1 saturated heterocycles. The number of amides is 2. The number of carbonyl (C=O) groups excluding carboxylic acids is 2. The van der Waals surface area contributed by atoms with Gasteiger partial charge in [-0.3, -0.25) is 9.59 Å². The van der Waals surface area contributed by atoms with Crippen LogP contribution in [0.2, 0.25) is 0 Å². The second-order valence-electron chi connectivity index (χ2n) is 10.1. The third kappa shape index (κ3) is 4.36. The van der Waals surface area contributed by atoms with Gasteiger partial charge in [0, 0.05) is 29.7 Å². The number of carbonyl (C=O) groups is 2. The van der Waals surface area contributed by atoms with Gasteiger partial charge in [-0.05, 0) is 51.0 Å². The number of hydrogen-bond acceptors (Lipinski definition) is 6. The van der Waals surface area contributed by atoms with Crippen molar-refractivity contribution in [2.75, 3.05) is 16.8 Å². The van der Waals surface area contributed by atoms with E-state index >= 15 is 0 Å². The highest BCUT2D eigenvalue weighted by Crippen LogP contribution is 2.57. The van der Waals surface area contributed by atoms with Gasteiger partial charge in [-0.2, -0.15) is 0 Å². The van der Waals surface area contributed by atoms with E-state index in [0.29, 0.717) is 12.1 Å². The molecule has 0 aliphatic carbocycles. The fraction of sp³-hybridized carbons (Fsp3) is 0.481. The van der Waals surface area contributed by atoms with Gasteiger partial charge in [0.05, 0.1) is 23.9 Å². The molecule has 5 atom stereocenters. The van der Waals surface area contributed by atoms with Crippen molar-refractivity contribution in [1.29, 1.82) is 0 Å². The lowest BCUT2D eigenvalue weighted by Crippen LogP contribution is -2.46. The molecule has 1 spiro atoms. The van der Waals surface area contributed by atoms with Crippen LogP contribution < -0.4 is 10.2 Å². The highest BCUT2D eigenvalue weighted by molar-refractivity contribution is 6.07. The highest BCUT2D eigenvalue weighted by atomic mass is 16.5. The Morgan fingerprint density at radius 3 is 2.60 bits per heavy atom. The van der Waals surface area contributed by atoms with Crippen LogP contribution >= 0.6 is 0 Å². The quantitative estimate of drug-likeness (QED) is 0.482. The van der Waals surface area contributed by atoms with Crippen molar-refractivity contribution < 1.29 is 29.6 Å². The normalized spacial score (nSPS) is 26.8. The summed E-state index contributed by atoms with van der Waals surface area (Å²) >= 11 is 0. The molecule has 0 unspecified atom stereocenters. The Hall–Kier alpha value is -2.78. The molecule has 1 fully saturated rings. The average Bonchev–Trinajstić information content (AvgIpc) is 3.21. The molecule has 2 aliphatic heterocycles. The van der Waals surface area contributed by atoms with Gasteiger partial charge in [0.25, 0.3) is 11.8 Å². The summed E-state index contributed by atoms with van der Waals surface area (Å²) < 4.78 is 6.52. The van der Waals surface area contributed by atoms with Crippen molar-refractivity contribution in [3.05, 3.63) is 59.7 Å².